The zero-order valence-electron chi connectivity index (χ0n) is 11.5. The lowest BCUT2D eigenvalue weighted by Gasteiger charge is -2.00. The van der Waals surface area contributed by atoms with Crippen LogP contribution in [0.4, 0.5) is 0 Å². The van der Waals surface area contributed by atoms with Gasteiger partial charge in [-0.25, -0.2) is 13.1 Å². The lowest BCUT2D eigenvalue weighted by molar-refractivity contribution is 0.373. The van der Waals surface area contributed by atoms with Crippen molar-refractivity contribution in [2.24, 2.45) is 0 Å². The molecule has 1 aliphatic rings. The average molecular weight is 335 g/mol. The van der Waals surface area contributed by atoms with Gasteiger partial charge < -0.3 is 4.52 Å². The highest BCUT2D eigenvalue weighted by atomic mass is 32.2. The van der Waals surface area contributed by atoms with Crippen molar-refractivity contribution in [1.29, 1.82) is 0 Å². The first-order chi connectivity index (χ1) is 10.6. The number of rotatable bonds is 5. The van der Waals surface area contributed by atoms with Gasteiger partial charge in [-0.3, -0.25) is 0 Å². The second kappa shape index (κ2) is 5.15. The van der Waals surface area contributed by atoms with Gasteiger partial charge in [0.2, 0.25) is 5.89 Å². The first-order valence-corrected chi connectivity index (χ1v) is 9.22. The standard InChI is InChI=1S/C14H13N3O3S2/c18-22(19,13-7-10-3-1-2-4-11(10)21-13)15-8-12-16-14(20-17-12)9-5-6-9/h1-4,7,9,15H,5-6,8H2. The van der Waals surface area contributed by atoms with Crippen molar-refractivity contribution < 1.29 is 12.9 Å². The largest absolute Gasteiger partial charge is 0.339 e. The summed E-state index contributed by atoms with van der Waals surface area (Å²) < 4.78 is 33.6. The van der Waals surface area contributed by atoms with Crippen LogP contribution in [0.25, 0.3) is 10.1 Å². The molecule has 0 radical (unpaired) electrons. The highest BCUT2D eigenvalue weighted by Crippen LogP contribution is 2.38. The van der Waals surface area contributed by atoms with Gasteiger partial charge in [-0.15, -0.1) is 11.3 Å². The molecule has 0 saturated heterocycles. The molecule has 1 N–H and O–H groups in total. The van der Waals surface area contributed by atoms with Gasteiger partial charge in [0.25, 0.3) is 10.0 Å². The summed E-state index contributed by atoms with van der Waals surface area (Å²) in [6.07, 6.45) is 2.13. The average Bonchev–Trinajstić information content (AvgIpc) is 3.09. The molecule has 6 nitrogen and oxygen atoms in total. The number of sulfonamides is 1. The van der Waals surface area contributed by atoms with Crippen LogP contribution < -0.4 is 4.72 Å². The van der Waals surface area contributed by atoms with Crippen molar-refractivity contribution >= 4 is 31.4 Å². The molecule has 0 bridgehead atoms. The summed E-state index contributed by atoms with van der Waals surface area (Å²) in [7, 11) is -3.57. The predicted octanol–water partition coefficient (Wildman–Crippen LogP) is 2.64. The molecule has 1 aromatic carbocycles. The molecule has 0 atom stereocenters. The number of hydrogen-bond donors (Lipinski definition) is 1. The van der Waals surface area contributed by atoms with Crippen molar-refractivity contribution in [2.75, 3.05) is 0 Å². The van der Waals surface area contributed by atoms with Gasteiger partial charge in [-0.05, 0) is 30.4 Å². The minimum Gasteiger partial charge on any atom is -0.339 e. The van der Waals surface area contributed by atoms with Crippen LogP contribution in [0.2, 0.25) is 0 Å². The van der Waals surface area contributed by atoms with E-state index in [-0.39, 0.29) is 6.54 Å². The molecule has 22 heavy (non-hydrogen) atoms. The van der Waals surface area contributed by atoms with Crippen LogP contribution in [0.3, 0.4) is 0 Å². The van der Waals surface area contributed by atoms with Crippen LogP contribution in [-0.4, -0.2) is 18.6 Å². The summed E-state index contributed by atoms with van der Waals surface area (Å²) in [5.74, 6) is 1.34. The topological polar surface area (TPSA) is 85.1 Å². The third-order valence-corrected chi connectivity index (χ3v) is 6.49. The molecule has 3 aromatic rings. The maximum atomic E-state index is 12.3. The van der Waals surface area contributed by atoms with E-state index in [0.717, 1.165) is 22.9 Å². The fraction of sp³-hybridized carbons (Fsp3) is 0.286. The van der Waals surface area contributed by atoms with Crippen LogP contribution in [0, 0.1) is 0 Å². The first-order valence-electron chi connectivity index (χ1n) is 6.92. The first kappa shape index (κ1) is 13.9. The Labute approximate surface area is 131 Å². The highest BCUT2D eigenvalue weighted by Gasteiger charge is 2.29. The number of nitrogens with zero attached hydrogens (tertiary/aromatic N) is 2. The molecule has 8 heteroatoms. The Morgan fingerprint density at radius 3 is 2.91 bits per heavy atom. The van der Waals surface area contributed by atoms with Gasteiger partial charge >= 0.3 is 0 Å². The zero-order chi connectivity index (χ0) is 15.2. The normalized spacial score (nSPS) is 15.5. The molecule has 1 fully saturated rings. The monoisotopic (exact) mass is 335 g/mol. The number of nitrogens with one attached hydrogen (secondary N) is 1. The summed E-state index contributed by atoms with van der Waals surface area (Å²) in [6.45, 7) is 0.0345. The van der Waals surface area contributed by atoms with Crippen molar-refractivity contribution in [3.63, 3.8) is 0 Å². The van der Waals surface area contributed by atoms with Gasteiger partial charge in [0.05, 0.1) is 6.54 Å². The Bertz CT molecular complexity index is 893. The Morgan fingerprint density at radius 2 is 2.14 bits per heavy atom. The van der Waals surface area contributed by atoms with Gasteiger partial charge in [0.1, 0.15) is 4.21 Å². The van der Waals surface area contributed by atoms with Gasteiger partial charge in [0.15, 0.2) is 5.82 Å². The molecule has 1 saturated carbocycles. The van der Waals surface area contributed by atoms with Gasteiger partial charge in [-0.2, -0.15) is 4.98 Å². The predicted molar refractivity (Wildman–Crippen MR) is 82.1 cm³/mol. The lowest BCUT2D eigenvalue weighted by atomic mass is 10.3. The second-order valence-electron chi connectivity index (χ2n) is 5.25. The van der Waals surface area contributed by atoms with Crippen LogP contribution >= 0.6 is 11.3 Å². The van der Waals surface area contributed by atoms with Crippen molar-refractivity contribution in [1.82, 2.24) is 14.9 Å². The Morgan fingerprint density at radius 1 is 1.32 bits per heavy atom. The smallest absolute Gasteiger partial charge is 0.250 e. The van der Waals surface area contributed by atoms with E-state index in [4.69, 9.17) is 4.52 Å². The van der Waals surface area contributed by atoms with Crippen molar-refractivity contribution in [3.05, 3.63) is 42.0 Å². The summed E-state index contributed by atoms with van der Waals surface area (Å²) >= 11 is 1.24. The number of thiophene rings is 1. The van der Waals surface area contributed by atoms with Gasteiger partial charge in [-0.1, -0.05) is 23.4 Å². The zero-order valence-corrected chi connectivity index (χ0v) is 13.2. The lowest BCUT2D eigenvalue weighted by Crippen LogP contribution is -2.23. The number of hydrogen-bond acceptors (Lipinski definition) is 6. The van der Waals surface area contributed by atoms with Crippen LogP contribution in [0.15, 0.2) is 39.1 Å². The summed E-state index contributed by atoms with van der Waals surface area (Å²) in [4.78, 5) is 4.21. The van der Waals surface area contributed by atoms with Crippen molar-refractivity contribution in [2.45, 2.75) is 29.5 Å². The van der Waals surface area contributed by atoms with Crippen molar-refractivity contribution in [3.8, 4) is 0 Å². The Balaban J connectivity index is 1.52. The minimum atomic E-state index is -3.57. The number of aromatic nitrogens is 2. The Kier molecular flexibility index (Phi) is 3.24. The molecular formula is C14H13N3O3S2. The van der Waals surface area contributed by atoms with Crippen LogP contribution in [0.5, 0.6) is 0 Å². The fourth-order valence-corrected chi connectivity index (χ4v) is 4.58. The van der Waals surface area contributed by atoms with E-state index < -0.39 is 10.0 Å². The summed E-state index contributed by atoms with van der Waals surface area (Å²) in [5.41, 5.74) is 0. The summed E-state index contributed by atoms with van der Waals surface area (Å²) in [5, 5.41) is 4.73. The minimum absolute atomic E-state index is 0.0345. The molecule has 1 aliphatic carbocycles. The van der Waals surface area contributed by atoms with Gasteiger partial charge in [0, 0.05) is 10.6 Å². The van der Waals surface area contributed by atoms with E-state index >= 15 is 0 Å². The van der Waals surface area contributed by atoms with Crippen LogP contribution in [0.1, 0.15) is 30.5 Å². The summed E-state index contributed by atoms with van der Waals surface area (Å²) in [6, 6.07) is 9.25. The molecular weight excluding hydrogens is 322 g/mol. The molecule has 2 aromatic heterocycles. The third kappa shape index (κ3) is 2.65. The van der Waals surface area contributed by atoms with E-state index in [9.17, 15) is 8.42 Å². The van der Waals surface area contributed by atoms with E-state index in [0.29, 0.717) is 21.8 Å². The molecule has 2 heterocycles. The van der Waals surface area contributed by atoms with E-state index in [1.54, 1.807) is 6.07 Å². The number of benzene rings is 1. The molecule has 0 spiro atoms. The van der Waals surface area contributed by atoms with E-state index in [1.165, 1.54) is 11.3 Å². The molecule has 0 amide bonds. The van der Waals surface area contributed by atoms with Crippen LogP contribution in [-0.2, 0) is 16.6 Å². The van der Waals surface area contributed by atoms with E-state index in [2.05, 4.69) is 14.9 Å². The quantitative estimate of drug-likeness (QED) is 0.775. The second-order valence-corrected chi connectivity index (χ2v) is 8.33. The maximum absolute atomic E-state index is 12.3. The molecule has 4 rings (SSSR count). The molecule has 0 aliphatic heterocycles. The SMILES string of the molecule is O=S(=O)(NCc1noc(C2CC2)n1)c1cc2ccccc2s1. The Hall–Kier alpha value is -1.77. The molecule has 114 valence electrons. The van der Waals surface area contributed by atoms with E-state index in [1.807, 2.05) is 24.3 Å². The highest BCUT2D eigenvalue weighted by molar-refractivity contribution is 7.91. The number of fused-ring (bicyclic) bond motifs is 1. The fourth-order valence-electron chi connectivity index (χ4n) is 2.16. The third-order valence-electron chi connectivity index (χ3n) is 3.50. The maximum Gasteiger partial charge on any atom is 0.250 e. The molecule has 0 unspecified atom stereocenters.